The summed E-state index contributed by atoms with van der Waals surface area (Å²) in [5.74, 6) is 3.29. The zero-order chi connectivity index (χ0) is 34.6. The fourth-order valence-electron chi connectivity index (χ4n) is 8.45. The molecule has 0 saturated carbocycles. The van der Waals surface area contributed by atoms with Gasteiger partial charge in [-0.1, -0.05) is 91.0 Å². The van der Waals surface area contributed by atoms with Gasteiger partial charge in [-0.25, -0.2) is 0 Å². The quantitative estimate of drug-likeness (QED) is 0.170. The molecule has 10 aromatic rings. The third-order valence-corrected chi connectivity index (χ3v) is 10.8. The molecule has 5 nitrogen and oxygen atoms in total. The predicted molar refractivity (Wildman–Crippen MR) is 216 cm³/mol. The lowest BCUT2D eigenvalue weighted by atomic mass is 9.93. The molecule has 12 rings (SSSR count). The van der Waals surface area contributed by atoms with Crippen LogP contribution in [-0.4, -0.2) is 0 Å². The summed E-state index contributed by atoms with van der Waals surface area (Å²) in [5, 5.41) is 9.32. The molecular formula is C48H28N2O3. The summed E-state index contributed by atoms with van der Waals surface area (Å²) in [6, 6.07) is 59.5. The Hall–Kier alpha value is -7.24. The molecule has 0 bridgehead atoms. The Labute approximate surface area is 304 Å². The third-order valence-electron chi connectivity index (χ3n) is 10.8. The maximum absolute atomic E-state index is 6.58. The van der Waals surface area contributed by atoms with E-state index in [9.17, 15) is 0 Å². The summed E-state index contributed by atoms with van der Waals surface area (Å²) in [6.45, 7) is 0. The predicted octanol–water partition coefficient (Wildman–Crippen LogP) is 14.2. The van der Waals surface area contributed by atoms with Crippen LogP contribution >= 0.6 is 0 Å². The molecule has 0 N–H and O–H groups in total. The number of hydrogen-bond acceptors (Lipinski definition) is 5. The molecule has 2 aliphatic rings. The van der Waals surface area contributed by atoms with Gasteiger partial charge in [-0.3, -0.25) is 0 Å². The lowest BCUT2D eigenvalue weighted by molar-refractivity contribution is 0.477. The van der Waals surface area contributed by atoms with Gasteiger partial charge in [0.2, 0.25) is 0 Å². The first-order valence-corrected chi connectivity index (χ1v) is 17.8. The maximum Gasteiger partial charge on any atom is 0.152 e. The zero-order valence-corrected chi connectivity index (χ0v) is 28.3. The zero-order valence-electron chi connectivity index (χ0n) is 28.3. The summed E-state index contributed by atoms with van der Waals surface area (Å²) < 4.78 is 19.3. The Kier molecular flexibility index (Phi) is 5.71. The van der Waals surface area contributed by atoms with E-state index in [1.807, 2.05) is 54.6 Å². The molecule has 3 heterocycles. The standard InChI is InChI=1S/C48H28N2O3/c1-2-12-32-31(11-1)36-25-29(49-39-14-4-8-18-44(39)52-45-19-9-5-15-40(45)49)21-23-33(36)34-24-22-30(26-37(32)34)50-41-16-6-10-20-46(41)53-48-27-38-35-13-3-7-17-43(35)51-47(38)28-42(48)50/h1-28H. The first kappa shape index (κ1) is 28.5. The van der Waals surface area contributed by atoms with Crippen LogP contribution in [0.15, 0.2) is 174 Å². The van der Waals surface area contributed by atoms with Crippen LogP contribution in [0.4, 0.5) is 34.1 Å². The van der Waals surface area contributed by atoms with E-state index in [0.29, 0.717) is 0 Å². The van der Waals surface area contributed by atoms with Crippen LogP contribution in [0.3, 0.4) is 0 Å². The molecular weight excluding hydrogens is 653 g/mol. The van der Waals surface area contributed by atoms with Crippen molar-refractivity contribution in [3.05, 3.63) is 170 Å². The van der Waals surface area contributed by atoms with Gasteiger partial charge in [0.05, 0.1) is 22.7 Å². The number of rotatable bonds is 2. The van der Waals surface area contributed by atoms with Crippen molar-refractivity contribution in [3.63, 3.8) is 0 Å². The van der Waals surface area contributed by atoms with Gasteiger partial charge in [0.15, 0.2) is 23.0 Å². The summed E-state index contributed by atoms with van der Waals surface area (Å²) >= 11 is 0. The fraction of sp³-hybridized carbons (Fsp3) is 0. The normalized spacial score (nSPS) is 13.1. The highest BCUT2D eigenvalue weighted by Crippen LogP contribution is 2.54. The maximum atomic E-state index is 6.58. The lowest BCUT2D eigenvalue weighted by Gasteiger charge is -2.33. The lowest BCUT2D eigenvalue weighted by Crippen LogP contribution is -2.15. The minimum atomic E-state index is 0.796. The molecule has 53 heavy (non-hydrogen) atoms. The SMILES string of the molecule is c1ccc2c(c1)Oc1ccccc1N2c1ccc2c3ccc(N4c5ccccc5Oc5cc6c(cc54)oc4ccccc46)cc3c3ccccc3c2c1. The van der Waals surface area contributed by atoms with Crippen LogP contribution in [-0.2, 0) is 0 Å². The number of nitrogens with zero attached hydrogens (tertiary/aromatic N) is 2. The first-order chi connectivity index (χ1) is 26.3. The molecule has 2 aliphatic heterocycles. The van der Waals surface area contributed by atoms with Crippen molar-refractivity contribution >= 4 is 88.4 Å². The highest BCUT2D eigenvalue weighted by molar-refractivity contribution is 6.26. The molecule has 5 heteroatoms. The topological polar surface area (TPSA) is 38.1 Å². The molecule has 9 aromatic carbocycles. The second-order valence-corrected chi connectivity index (χ2v) is 13.7. The fourth-order valence-corrected chi connectivity index (χ4v) is 8.45. The van der Waals surface area contributed by atoms with Crippen molar-refractivity contribution in [2.75, 3.05) is 9.80 Å². The van der Waals surface area contributed by atoms with E-state index < -0.39 is 0 Å². The molecule has 0 radical (unpaired) electrons. The Balaban J connectivity index is 1.07. The van der Waals surface area contributed by atoms with Gasteiger partial charge >= 0.3 is 0 Å². The first-order valence-electron chi connectivity index (χ1n) is 17.8. The number of benzene rings is 9. The van der Waals surface area contributed by atoms with Crippen LogP contribution in [0.25, 0.3) is 54.3 Å². The average molecular weight is 681 g/mol. The smallest absolute Gasteiger partial charge is 0.152 e. The van der Waals surface area contributed by atoms with Gasteiger partial charge in [0, 0.05) is 28.2 Å². The van der Waals surface area contributed by atoms with Crippen molar-refractivity contribution in [1.82, 2.24) is 0 Å². The average Bonchev–Trinajstić information content (AvgIpc) is 3.58. The number of ether oxygens (including phenoxy) is 2. The molecule has 0 fully saturated rings. The van der Waals surface area contributed by atoms with E-state index in [0.717, 1.165) is 79.1 Å². The van der Waals surface area contributed by atoms with E-state index >= 15 is 0 Å². The minimum Gasteiger partial charge on any atom is -0.456 e. The van der Waals surface area contributed by atoms with Gasteiger partial charge < -0.3 is 23.7 Å². The molecule has 0 saturated heterocycles. The number of fused-ring (bicyclic) bond motifs is 13. The second-order valence-electron chi connectivity index (χ2n) is 13.7. The Morgan fingerprint density at radius 3 is 1.32 bits per heavy atom. The number of furan rings is 1. The number of anilines is 6. The van der Waals surface area contributed by atoms with Gasteiger partial charge in [-0.05, 0) is 105 Å². The summed E-state index contributed by atoms with van der Waals surface area (Å²) in [7, 11) is 0. The monoisotopic (exact) mass is 680 g/mol. The van der Waals surface area contributed by atoms with Crippen molar-refractivity contribution < 1.29 is 13.9 Å². The van der Waals surface area contributed by atoms with Crippen molar-refractivity contribution in [1.29, 1.82) is 0 Å². The van der Waals surface area contributed by atoms with E-state index in [2.05, 4.69) is 125 Å². The molecule has 0 unspecified atom stereocenters. The molecule has 0 amide bonds. The molecule has 248 valence electrons. The Morgan fingerprint density at radius 2 is 0.736 bits per heavy atom. The highest BCUT2D eigenvalue weighted by atomic mass is 16.5. The number of para-hydroxylation sites is 7. The van der Waals surface area contributed by atoms with Crippen LogP contribution in [0.1, 0.15) is 0 Å². The van der Waals surface area contributed by atoms with E-state index in [4.69, 9.17) is 13.9 Å². The van der Waals surface area contributed by atoms with Gasteiger partial charge in [0.25, 0.3) is 0 Å². The number of hydrogen-bond donors (Lipinski definition) is 0. The van der Waals surface area contributed by atoms with Gasteiger partial charge in [0.1, 0.15) is 11.2 Å². The van der Waals surface area contributed by atoms with E-state index in [1.165, 1.54) is 32.3 Å². The molecule has 0 aliphatic carbocycles. The minimum absolute atomic E-state index is 0.796. The summed E-state index contributed by atoms with van der Waals surface area (Å²) in [5.41, 5.74) is 7.79. The summed E-state index contributed by atoms with van der Waals surface area (Å²) in [4.78, 5) is 4.61. The molecule has 0 atom stereocenters. The van der Waals surface area contributed by atoms with Gasteiger partial charge in [-0.2, -0.15) is 0 Å². The largest absolute Gasteiger partial charge is 0.456 e. The highest BCUT2D eigenvalue weighted by Gasteiger charge is 2.29. The van der Waals surface area contributed by atoms with Gasteiger partial charge in [-0.15, -0.1) is 0 Å². The van der Waals surface area contributed by atoms with E-state index in [-0.39, 0.29) is 0 Å². The second kappa shape index (κ2) is 10.6. The third kappa shape index (κ3) is 4.07. The van der Waals surface area contributed by atoms with Crippen LogP contribution < -0.4 is 19.3 Å². The van der Waals surface area contributed by atoms with Crippen molar-refractivity contribution in [2.45, 2.75) is 0 Å². The van der Waals surface area contributed by atoms with Crippen molar-refractivity contribution in [2.24, 2.45) is 0 Å². The van der Waals surface area contributed by atoms with Crippen molar-refractivity contribution in [3.8, 4) is 23.0 Å². The van der Waals surface area contributed by atoms with E-state index in [1.54, 1.807) is 0 Å². The molecule has 1 aromatic heterocycles. The van der Waals surface area contributed by atoms with Crippen LogP contribution in [0.2, 0.25) is 0 Å². The Bertz CT molecular complexity index is 3100. The summed E-state index contributed by atoms with van der Waals surface area (Å²) in [6.07, 6.45) is 0. The van der Waals surface area contributed by atoms with Crippen LogP contribution in [0, 0.1) is 0 Å². The Morgan fingerprint density at radius 1 is 0.283 bits per heavy atom. The van der Waals surface area contributed by atoms with Crippen LogP contribution in [0.5, 0.6) is 23.0 Å². The molecule has 0 spiro atoms.